The number of imide groups is 1. The summed E-state index contributed by atoms with van der Waals surface area (Å²) in [4.78, 5) is 49.9. The van der Waals surface area contributed by atoms with E-state index in [1.54, 1.807) is 12.1 Å². The number of aryl methyl sites for hydroxylation is 1. The molecule has 0 spiro atoms. The highest BCUT2D eigenvalue weighted by Gasteiger charge is 2.34. The van der Waals surface area contributed by atoms with Crippen molar-refractivity contribution in [3.63, 3.8) is 0 Å². The highest BCUT2D eigenvalue weighted by molar-refractivity contribution is 6.37. The fourth-order valence-electron chi connectivity index (χ4n) is 3.48. The molecule has 10 nitrogen and oxygen atoms in total. The lowest BCUT2D eigenvalue weighted by atomic mass is 10.1. The van der Waals surface area contributed by atoms with E-state index in [1.807, 2.05) is 19.1 Å². The van der Waals surface area contributed by atoms with Gasteiger partial charge in [-0.1, -0.05) is 40.9 Å². The summed E-state index contributed by atoms with van der Waals surface area (Å²) < 4.78 is 15.4. The summed E-state index contributed by atoms with van der Waals surface area (Å²) in [6.07, 6.45) is 1.40. The molecule has 1 aliphatic heterocycles. The van der Waals surface area contributed by atoms with Crippen molar-refractivity contribution in [2.24, 2.45) is 0 Å². The van der Waals surface area contributed by atoms with Crippen LogP contribution in [-0.2, 0) is 20.9 Å². The van der Waals surface area contributed by atoms with Crippen LogP contribution in [0.1, 0.15) is 27.4 Å². The second kappa shape index (κ2) is 11.4. The van der Waals surface area contributed by atoms with Crippen molar-refractivity contribution >= 4 is 58.8 Å². The number of nitrogens with one attached hydrogen (secondary N) is 2. The van der Waals surface area contributed by atoms with E-state index in [-0.39, 0.29) is 46.2 Å². The van der Waals surface area contributed by atoms with Gasteiger partial charge in [0.1, 0.15) is 11.5 Å². The molecule has 0 bridgehead atoms. The third-order valence-corrected chi connectivity index (χ3v) is 5.90. The van der Waals surface area contributed by atoms with Gasteiger partial charge in [-0.2, -0.15) is 0 Å². The van der Waals surface area contributed by atoms with Crippen LogP contribution in [0.2, 0.25) is 10.0 Å². The Morgan fingerprint density at radius 1 is 1.08 bits per heavy atom. The standard InChI is InChI=1S/C26H21Cl2N3O7/c1-14-3-5-16(6-4-14)29-22(32)13-37-23-18(27)9-15(10-19(23)28)11-20-24(33)31(26(35)30-20)12-17-7-8-21(38-17)25(34)36-2/h3-11H,12-13H2,1-2H3,(H,29,32)(H,30,35)/b20-11-. The molecule has 4 rings (SSSR count). The number of rotatable bonds is 8. The van der Waals surface area contributed by atoms with Gasteiger partial charge in [-0.05, 0) is 55.0 Å². The van der Waals surface area contributed by atoms with Crippen molar-refractivity contribution in [2.45, 2.75) is 13.5 Å². The number of carbonyl (C=O) groups is 4. The number of halogens is 2. The minimum absolute atomic E-state index is 0.0203. The number of ether oxygens (including phenoxy) is 2. The van der Waals surface area contributed by atoms with Crippen LogP contribution >= 0.6 is 23.2 Å². The summed E-state index contributed by atoms with van der Waals surface area (Å²) in [5.74, 6) is -1.44. The number of furan rings is 1. The zero-order chi connectivity index (χ0) is 27.4. The molecule has 2 heterocycles. The lowest BCUT2D eigenvalue weighted by Crippen LogP contribution is -2.30. The molecule has 1 saturated heterocycles. The number of methoxy groups -OCH3 is 1. The van der Waals surface area contributed by atoms with Crippen LogP contribution in [0.3, 0.4) is 0 Å². The van der Waals surface area contributed by atoms with Crippen molar-refractivity contribution < 1.29 is 33.1 Å². The lowest BCUT2D eigenvalue weighted by Gasteiger charge is -2.11. The predicted octanol–water partition coefficient (Wildman–Crippen LogP) is 4.79. The molecule has 0 radical (unpaired) electrons. The Balaban J connectivity index is 1.41. The van der Waals surface area contributed by atoms with E-state index in [2.05, 4.69) is 15.4 Å². The van der Waals surface area contributed by atoms with Gasteiger partial charge in [0.25, 0.3) is 11.8 Å². The van der Waals surface area contributed by atoms with E-state index >= 15 is 0 Å². The zero-order valence-corrected chi connectivity index (χ0v) is 21.7. The number of hydrogen-bond acceptors (Lipinski definition) is 7. The van der Waals surface area contributed by atoms with E-state index in [0.29, 0.717) is 11.3 Å². The van der Waals surface area contributed by atoms with Gasteiger partial charge in [-0.25, -0.2) is 9.59 Å². The monoisotopic (exact) mass is 557 g/mol. The van der Waals surface area contributed by atoms with Gasteiger partial charge >= 0.3 is 12.0 Å². The first-order chi connectivity index (χ1) is 18.1. The molecule has 38 heavy (non-hydrogen) atoms. The molecule has 12 heteroatoms. The van der Waals surface area contributed by atoms with Gasteiger partial charge < -0.3 is 24.5 Å². The van der Waals surface area contributed by atoms with Crippen LogP contribution in [-0.4, -0.2) is 42.4 Å². The summed E-state index contributed by atoms with van der Waals surface area (Å²) in [7, 11) is 1.21. The molecule has 0 saturated carbocycles. The minimum Gasteiger partial charge on any atom is -0.481 e. The Labute approximate surface area is 227 Å². The Morgan fingerprint density at radius 3 is 2.42 bits per heavy atom. The summed E-state index contributed by atoms with van der Waals surface area (Å²) in [5.41, 5.74) is 2.07. The van der Waals surface area contributed by atoms with Crippen LogP contribution < -0.4 is 15.4 Å². The second-order valence-corrected chi connectivity index (χ2v) is 8.97. The molecule has 3 aromatic rings. The molecule has 2 aromatic carbocycles. The van der Waals surface area contributed by atoms with E-state index in [0.717, 1.165) is 10.5 Å². The van der Waals surface area contributed by atoms with Crippen molar-refractivity contribution in [3.05, 3.63) is 86.9 Å². The third-order valence-electron chi connectivity index (χ3n) is 5.34. The van der Waals surface area contributed by atoms with Crippen LogP contribution in [0, 0.1) is 6.92 Å². The number of esters is 1. The average molecular weight is 558 g/mol. The normalized spacial score (nSPS) is 14.0. The predicted molar refractivity (Wildman–Crippen MR) is 139 cm³/mol. The number of anilines is 1. The Hall–Kier alpha value is -4.28. The third kappa shape index (κ3) is 6.16. The molecule has 4 amide bonds. The van der Waals surface area contributed by atoms with Gasteiger partial charge in [0.05, 0.1) is 23.7 Å². The van der Waals surface area contributed by atoms with Crippen LogP contribution in [0.25, 0.3) is 6.08 Å². The van der Waals surface area contributed by atoms with Crippen molar-refractivity contribution in [1.82, 2.24) is 10.2 Å². The van der Waals surface area contributed by atoms with E-state index in [1.165, 1.54) is 37.5 Å². The highest BCUT2D eigenvalue weighted by Crippen LogP contribution is 2.35. The summed E-state index contributed by atoms with van der Waals surface area (Å²) >= 11 is 12.6. The number of carbonyl (C=O) groups excluding carboxylic acids is 4. The molecule has 0 aliphatic carbocycles. The van der Waals surface area contributed by atoms with Crippen molar-refractivity contribution in [3.8, 4) is 5.75 Å². The topological polar surface area (TPSA) is 127 Å². The van der Waals surface area contributed by atoms with Crippen LogP contribution in [0.4, 0.5) is 10.5 Å². The molecular weight excluding hydrogens is 537 g/mol. The minimum atomic E-state index is -0.679. The SMILES string of the molecule is COC(=O)c1ccc(CN2C(=O)N/C(=C\c3cc(Cl)c(OCC(=O)Nc4ccc(C)cc4)c(Cl)c3)C2=O)o1. The first-order valence-electron chi connectivity index (χ1n) is 11.1. The molecule has 0 unspecified atom stereocenters. The first-order valence-corrected chi connectivity index (χ1v) is 11.9. The fourth-order valence-corrected chi connectivity index (χ4v) is 4.10. The lowest BCUT2D eigenvalue weighted by molar-refractivity contribution is -0.123. The maximum absolute atomic E-state index is 12.8. The van der Waals surface area contributed by atoms with Crippen LogP contribution in [0.5, 0.6) is 5.75 Å². The van der Waals surface area contributed by atoms with E-state index in [4.69, 9.17) is 32.4 Å². The number of urea groups is 1. The maximum atomic E-state index is 12.8. The average Bonchev–Trinajstić information content (AvgIpc) is 3.45. The fraction of sp³-hybridized carbons (Fsp3) is 0.154. The van der Waals surface area contributed by atoms with E-state index < -0.39 is 23.8 Å². The maximum Gasteiger partial charge on any atom is 0.373 e. The van der Waals surface area contributed by atoms with Crippen molar-refractivity contribution in [1.29, 1.82) is 0 Å². The molecule has 196 valence electrons. The number of hydrogen-bond donors (Lipinski definition) is 2. The van der Waals surface area contributed by atoms with Gasteiger partial charge in [0.15, 0.2) is 12.4 Å². The molecule has 1 aliphatic rings. The summed E-state index contributed by atoms with van der Waals surface area (Å²) in [5, 5.41) is 5.39. The number of amides is 4. The Morgan fingerprint density at radius 2 is 1.76 bits per heavy atom. The van der Waals surface area contributed by atoms with Gasteiger partial charge in [-0.15, -0.1) is 0 Å². The van der Waals surface area contributed by atoms with Gasteiger partial charge in [0, 0.05) is 5.69 Å². The quantitative estimate of drug-likeness (QED) is 0.231. The van der Waals surface area contributed by atoms with Crippen LogP contribution in [0.15, 0.2) is 58.6 Å². The van der Waals surface area contributed by atoms with E-state index in [9.17, 15) is 19.2 Å². The number of benzene rings is 2. The first kappa shape index (κ1) is 26.8. The number of nitrogens with zero attached hydrogens (tertiary/aromatic N) is 1. The Bertz CT molecular complexity index is 1420. The highest BCUT2D eigenvalue weighted by atomic mass is 35.5. The zero-order valence-electron chi connectivity index (χ0n) is 20.2. The second-order valence-electron chi connectivity index (χ2n) is 8.15. The Kier molecular flexibility index (Phi) is 8.04. The molecular formula is C26H21Cl2N3O7. The molecule has 2 N–H and O–H groups in total. The molecule has 1 fully saturated rings. The van der Waals surface area contributed by atoms with Gasteiger partial charge in [-0.3, -0.25) is 14.5 Å². The molecule has 1 aromatic heterocycles. The van der Waals surface area contributed by atoms with Crippen molar-refractivity contribution in [2.75, 3.05) is 19.0 Å². The molecule has 0 atom stereocenters. The van der Waals surface area contributed by atoms with Gasteiger partial charge in [0.2, 0.25) is 5.76 Å². The largest absolute Gasteiger partial charge is 0.481 e. The smallest absolute Gasteiger partial charge is 0.373 e. The summed E-state index contributed by atoms with van der Waals surface area (Å²) in [6, 6.07) is 12.4. The summed E-state index contributed by atoms with van der Waals surface area (Å²) in [6.45, 7) is 1.41.